The van der Waals surface area contributed by atoms with Crippen LogP contribution in [0, 0.1) is 0 Å². The summed E-state index contributed by atoms with van der Waals surface area (Å²) in [4.78, 5) is 4.31. The molecule has 4 heteroatoms. The van der Waals surface area contributed by atoms with Gasteiger partial charge in [-0.05, 0) is 40.9 Å². The molecule has 15 heavy (non-hydrogen) atoms. The van der Waals surface area contributed by atoms with Crippen molar-refractivity contribution >= 4 is 27.7 Å². The maximum atomic E-state index is 9.86. The van der Waals surface area contributed by atoms with Gasteiger partial charge in [0, 0.05) is 15.9 Å². The van der Waals surface area contributed by atoms with E-state index in [4.69, 9.17) is 0 Å². The van der Waals surface area contributed by atoms with Crippen molar-refractivity contribution in [2.75, 3.05) is 0 Å². The lowest BCUT2D eigenvalue weighted by atomic mass is 9.97. The molecule has 2 unspecified atom stereocenters. The molecule has 1 aromatic rings. The van der Waals surface area contributed by atoms with Gasteiger partial charge < -0.3 is 5.11 Å². The molecule has 1 aliphatic rings. The van der Waals surface area contributed by atoms with Crippen molar-refractivity contribution in [3.8, 4) is 0 Å². The van der Waals surface area contributed by atoms with E-state index in [1.54, 1.807) is 18.0 Å². The Bertz CT molecular complexity index is 334. The summed E-state index contributed by atoms with van der Waals surface area (Å²) >= 11 is 5.17. The fraction of sp³-hybridized carbons (Fsp3) is 0.545. The van der Waals surface area contributed by atoms with Gasteiger partial charge >= 0.3 is 0 Å². The highest BCUT2D eigenvalue weighted by atomic mass is 79.9. The molecule has 1 saturated carbocycles. The van der Waals surface area contributed by atoms with Crippen LogP contribution in [0.2, 0.25) is 0 Å². The standard InChI is InChI=1S/C11H14BrNOS/c12-8-4-3-7-13-11(8)15-10-6-2-1-5-9(10)14/h3-4,7,9-10,14H,1-2,5-6H2. The maximum absolute atomic E-state index is 9.86. The zero-order valence-electron chi connectivity index (χ0n) is 8.40. The fourth-order valence-corrected chi connectivity index (χ4v) is 3.52. The molecule has 0 amide bonds. The number of aliphatic hydroxyl groups excluding tert-OH is 1. The van der Waals surface area contributed by atoms with Crippen molar-refractivity contribution in [2.24, 2.45) is 0 Å². The van der Waals surface area contributed by atoms with Crippen molar-refractivity contribution in [3.63, 3.8) is 0 Å². The molecule has 1 N–H and O–H groups in total. The first kappa shape index (κ1) is 11.4. The smallest absolute Gasteiger partial charge is 0.111 e. The quantitative estimate of drug-likeness (QED) is 0.907. The monoisotopic (exact) mass is 287 g/mol. The van der Waals surface area contributed by atoms with Crippen molar-refractivity contribution < 1.29 is 5.11 Å². The third kappa shape index (κ3) is 2.95. The first-order chi connectivity index (χ1) is 7.27. The van der Waals surface area contributed by atoms with Gasteiger partial charge in [-0.3, -0.25) is 0 Å². The molecule has 2 rings (SSSR count). The SMILES string of the molecule is OC1CCCCC1Sc1ncccc1Br. The van der Waals surface area contributed by atoms with Gasteiger partial charge in [0.05, 0.1) is 6.10 Å². The lowest BCUT2D eigenvalue weighted by Crippen LogP contribution is -2.26. The van der Waals surface area contributed by atoms with Gasteiger partial charge in [-0.2, -0.15) is 0 Å². The van der Waals surface area contributed by atoms with Crippen LogP contribution in [0.1, 0.15) is 25.7 Å². The largest absolute Gasteiger partial charge is 0.392 e. The average molecular weight is 288 g/mol. The highest BCUT2D eigenvalue weighted by Gasteiger charge is 2.24. The minimum atomic E-state index is -0.169. The number of hydrogen-bond acceptors (Lipinski definition) is 3. The molecular formula is C11H14BrNOS. The maximum Gasteiger partial charge on any atom is 0.111 e. The third-order valence-electron chi connectivity index (χ3n) is 2.66. The summed E-state index contributed by atoms with van der Waals surface area (Å²) in [5, 5.41) is 11.2. The molecule has 1 heterocycles. The van der Waals surface area contributed by atoms with Crippen molar-refractivity contribution in [3.05, 3.63) is 22.8 Å². The van der Waals surface area contributed by atoms with E-state index in [9.17, 15) is 5.11 Å². The van der Waals surface area contributed by atoms with E-state index in [1.165, 1.54) is 6.42 Å². The number of aliphatic hydroxyl groups is 1. The first-order valence-corrected chi connectivity index (χ1v) is 6.90. The number of nitrogens with zero attached hydrogens (tertiary/aromatic N) is 1. The van der Waals surface area contributed by atoms with Crippen LogP contribution in [0.15, 0.2) is 27.8 Å². The highest BCUT2D eigenvalue weighted by Crippen LogP contribution is 2.35. The van der Waals surface area contributed by atoms with Gasteiger partial charge in [-0.1, -0.05) is 24.6 Å². The van der Waals surface area contributed by atoms with Crippen LogP contribution in [0.4, 0.5) is 0 Å². The van der Waals surface area contributed by atoms with E-state index in [1.807, 2.05) is 12.1 Å². The first-order valence-electron chi connectivity index (χ1n) is 5.22. The van der Waals surface area contributed by atoms with Crippen LogP contribution in [-0.2, 0) is 0 Å². The summed E-state index contributed by atoms with van der Waals surface area (Å²) in [6, 6.07) is 3.90. The molecule has 0 spiro atoms. The van der Waals surface area contributed by atoms with Crippen LogP contribution in [0.5, 0.6) is 0 Å². The van der Waals surface area contributed by atoms with E-state index in [0.29, 0.717) is 5.25 Å². The van der Waals surface area contributed by atoms with Crippen molar-refractivity contribution in [2.45, 2.75) is 42.1 Å². The fourth-order valence-electron chi connectivity index (χ4n) is 1.82. The van der Waals surface area contributed by atoms with Gasteiger partial charge in [-0.25, -0.2) is 4.98 Å². The Kier molecular flexibility index (Phi) is 4.05. The number of thioether (sulfide) groups is 1. The van der Waals surface area contributed by atoms with E-state index in [2.05, 4.69) is 20.9 Å². The summed E-state index contributed by atoms with van der Waals surface area (Å²) in [7, 11) is 0. The Hall–Kier alpha value is -0.0600. The van der Waals surface area contributed by atoms with Crippen LogP contribution in [0.25, 0.3) is 0 Å². The summed E-state index contributed by atoms with van der Waals surface area (Å²) in [5.74, 6) is 0. The molecule has 1 aromatic heterocycles. The summed E-state index contributed by atoms with van der Waals surface area (Å²) in [6.07, 6.45) is 6.03. The lowest BCUT2D eigenvalue weighted by molar-refractivity contribution is 0.137. The molecule has 1 fully saturated rings. The topological polar surface area (TPSA) is 33.1 Å². The number of rotatable bonds is 2. The Labute approximate surface area is 103 Å². The average Bonchev–Trinajstić information content (AvgIpc) is 2.24. The Morgan fingerprint density at radius 3 is 2.93 bits per heavy atom. The molecular weight excluding hydrogens is 274 g/mol. The Morgan fingerprint density at radius 2 is 2.20 bits per heavy atom. The van der Waals surface area contributed by atoms with Crippen LogP contribution in [-0.4, -0.2) is 21.4 Å². The van der Waals surface area contributed by atoms with E-state index < -0.39 is 0 Å². The zero-order chi connectivity index (χ0) is 10.7. The zero-order valence-corrected chi connectivity index (χ0v) is 10.8. The minimum absolute atomic E-state index is 0.169. The van der Waals surface area contributed by atoms with Crippen molar-refractivity contribution in [1.29, 1.82) is 0 Å². The summed E-state index contributed by atoms with van der Waals surface area (Å²) in [6.45, 7) is 0. The van der Waals surface area contributed by atoms with E-state index in [0.717, 1.165) is 28.8 Å². The Morgan fingerprint density at radius 1 is 1.40 bits per heavy atom. The Balaban J connectivity index is 2.04. The second kappa shape index (κ2) is 5.32. The molecule has 0 saturated heterocycles. The number of hydrogen-bond donors (Lipinski definition) is 1. The van der Waals surface area contributed by atoms with E-state index in [-0.39, 0.29) is 6.10 Å². The number of pyridine rings is 1. The molecule has 0 aliphatic heterocycles. The normalized spacial score (nSPS) is 26.5. The minimum Gasteiger partial charge on any atom is -0.392 e. The van der Waals surface area contributed by atoms with E-state index >= 15 is 0 Å². The molecule has 0 bridgehead atoms. The van der Waals surface area contributed by atoms with Crippen LogP contribution in [0.3, 0.4) is 0 Å². The van der Waals surface area contributed by atoms with Gasteiger partial charge in [0.1, 0.15) is 5.03 Å². The van der Waals surface area contributed by atoms with Gasteiger partial charge in [0.2, 0.25) is 0 Å². The van der Waals surface area contributed by atoms with Crippen LogP contribution >= 0.6 is 27.7 Å². The van der Waals surface area contributed by atoms with Crippen molar-refractivity contribution in [1.82, 2.24) is 4.98 Å². The molecule has 2 nitrogen and oxygen atoms in total. The summed E-state index contributed by atoms with van der Waals surface area (Å²) < 4.78 is 1.02. The summed E-state index contributed by atoms with van der Waals surface area (Å²) in [5.41, 5.74) is 0. The molecule has 82 valence electrons. The molecule has 0 aromatic carbocycles. The third-order valence-corrected chi connectivity index (χ3v) is 4.96. The molecule has 2 atom stereocenters. The lowest BCUT2D eigenvalue weighted by Gasteiger charge is -2.26. The predicted octanol–water partition coefficient (Wildman–Crippen LogP) is 3.24. The molecule has 1 aliphatic carbocycles. The van der Waals surface area contributed by atoms with Gasteiger partial charge in [0.25, 0.3) is 0 Å². The van der Waals surface area contributed by atoms with Crippen LogP contribution < -0.4 is 0 Å². The second-order valence-electron chi connectivity index (χ2n) is 3.80. The highest BCUT2D eigenvalue weighted by molar-refractivity contribution is 9.10. The predicted molar refractivity (Wildman–Crippen MR) is 66.1 cm³/mol. The number of aromatic nitrogens is 1. The second-order valence-corrected chi connectivity index (χ2v) is 5.88. The molecule has 0 radical (unpaired) electrons. The number of halogens is 1. The van der Waals surface area contributed by atoms with Gasteiger partial charge in [0.15, 0.2) is 0 Å². The van der Waals surface area contributed by atoms with Gasteiger partial charge in [-0.15, -0.1) is 0 Å².